The number of primary amides is 1. The van der Waals surface area contributed by atoms with Crippen LogP contribution >= 0.6 is 0 Å². The van der Waals surface area contributed by atoms with E-state index in [1.807, 2.05) is 0 Å². The van der Waals surface area contributed by atoms with Crippen molar-refractivity contribution < 1.29 is 27.5 Å². The highest BCUT2D eigenvalue weighted by Crippen LogP contribution is 2.23. The predicted octanol–water partition coefficient (Wildman–Crippen LogP) is 2.52. The van der Waals surface area contributed by atoms with E-state index in [-0.39, 0.29) is 17.1 Å². The van der Waals surface area contributed by atoms with E-state index < -0.39 is 23.9 Å². The zero-order valence-corrected chi connectivity index (χ0v) is 14.0. The van der Waals surface area contributed by atoms with Crippen molar-refractivity contribution in [2.45, 2.75) is 6.36 Å². The van der Waals surface area contributed by atoms with E-state index in [2.05, 4.69) is 20.1 Å². The minimum absolute atomic E-state index is 0.121. The number of anilines is 1. The number of nitrogens with two attached hydrogens (primary N) is 1. The van der Waals surface area contributed by atoms with Crippen molar-refractivity contribution in [1.82, 2.24) is 14.8 Å². The van der Waals surface area contributed by atoms with Crippen molar-refractivity contribution in [1.29, 1.82) is 0 Å². The Labute approximate surface area is 155 Å². The highest BCUT2D eigenvalue weighted by atomic mass is 19.4. The molecule has 0 aliphatic carbocycles. The molecular weight excluding hydrogens is 379 g/mol. The summed E-state index contributed by atoms with van der Waals surface area (Å²) in [5.74, 6) is -2.01. The van der Waals surface area contributed by atoms with Crippen LogP contribution in [0, 0.1) is 0 Å². The van der Waals surface area contributed by atoms with Crippen LogP contribution in [0.4, 0.5) is 18.9 Å². The maximum Gasteiger partial charge on any atom is 0.573 e. The third kappa shape index (κ3) is 4.44. The van der Waals surface area contributed by atoms with Gasteiger partial charge in [-0.1, -0.05) is 12.1 Å². The second-order valence-electron chi connectivity index (χ2n) is 5.42. The van der Waals surface area contributed by atoms with Gasteiger partial charge in [0.05, 0.1) is 16.9 Å². The monoisotopic (exact) mass is 391 g/mol. The summed E-state index contributed by atoms with van der Waals surface area (Å²) in [6, 6.07) is 11.0. The van der Waals surface area contributed by atoms with E-state index in [1.54, 1.807) is 12.1 Å². The molecule has 144 valence electrons. The van der Waals surface area contributed by atoms with Crippen molar-refractivity contribution in [3.63, 3.8) is 0 Å². The van der Waals surface area contributed by atoms with Crippen molar-refractivity contribution >= 4 is 17.5 Å². The molecule has 0 bridgehead atoms. The molecule has 0 radical (unpaired) electrons. The molecule has 3 rings (SSSR count). The van der Waals surface area contributed by atoms with Crippen LogP contribution in [0.2, 0.25) is 0 Å². The summed E-state index contributed by atoms with van der Waals surface area (Å²) in [6.07, 6.45) is -3.57. The highest BCUT2D eigenvalue weighted by Gasteiger charge is 2.31. The predicted molar refractivity (Wildman–Crippen MR) is 91.0 cm³/mol. The summed E-state index contributed by atoms with van der Waals surface area (Å²) in [4.78, 5) is 27.6. The number of aromatic nitrogens is 3. The Morgan fingerprint density at radius 1 is 1.07 bits per heavy atom. The van der Waals surface area contributed by atoms with Crippen molar-refractivity contribution in [2.24, 2.45) is 5.73 Å². The molecule has 0 saturated carbocycles. The van der Waals surface area contributed by atoms with Gasteiger partial charge in [0.25, 0.3) is 11.8 Å². The first-order chi connectivity index (χ1) is 13.2. The van der Waals surface area contributed by atoms with Gasteiger partial charge in [0.15, 0.2) is 0 Å². The number of nitrogens with zero attached hydrogens (tertiary/aromatic N) is 3. The molecule has 0 saturated heterocycles. The molecule has 0 aliphatic heterocycles. The Hall–Kier alpha value is -3.89. The first kappa shape index (κ1) is 18.9. The first-order valence-corrected chi connectivity index (χ1v) is 7.71. The number of carbonyl (C=O) groups excluding carboxylic acids is 2. The van der Waals surface area contributed by atoms with Gasteiger partial charge in [0, 0.05) is 0 Å². The van der Waals surface area contributed by atoms with E-state index in [0.29, 0.717) is 5.69 Å². The van der Waals surface area contributed by atoms with Crippen LogP contribution in [-0.4, -0.2) is 32.9 Å². The van der Waals surface area contributed by atoms with Crippen molar-refractivity contribution in [2.75, 3.05) is 5.32 Å². The maximum absolute atomic E-state index is 12.3. The average molecular weight is 391 g/mol. The Morgan fingerprint density at radius 3 is 2.39 bits per heavy atom. The second kappa shape index (κ2) is 7.39. The molecule has 0 spiro atoms. The third-order valence-electron chi connectivity index (χ3n) is 3.47. The highest BCUT2D eigenvalue weighted by molar-refractivity contribution is 6.07. The number of carbonyl (C=O) groups is 2. The molecule has 2 aromatic carbocycles. The van der Waals surface area contributed by atoms with Gasteiger partial charge >= 0.3 is 6.36 Å². The molecule has 0 fully saturated rings. The number of rotatable bonds is 5. The number of halogens is 3. The van der Waals surface area contributed by atoms with Gasteiger partial charge in [-0.05, 0) is 36.4 Å². The number of amides is 2. The zero-order valence-electron chi connectivity index (χ0n) is 14.0. The smallest absolute Gasteiger partial charge is 0.406 e. The van der Waals surface area contributed by atoms with Gasteiger partial charge in [0.1, 0.15) is 12.1 Å². The van der Waals surface area contributed by atoms with Crippen LogP contribution in [0.3, 0.4) is 0 Å². The zero-order chi connectivity index (χ0) is 20.3. The van der Waals surface area contributed by atoms with Gasteiger partial charge in [-0.2, -0.15) is 0 Å². The SMILES string of the molecule is NC(=O)c1ccccc1NC(=O)c1ncn(-c2ccc(OC(F)(F)F)cc2)n1. The fourth-order valence-corrected chi connectivity index (χ4v) is 2.28. The average Bonchev–Trinajstić information content (AvgIpc) is 3.11. The standard InChI is InChI=1S/C17H12F3N5O3/c18-17(19,20)28-11-7-5-10(6-8-11)25-9-22-15(24-25)16(27)23-13-4-2-1-3-12(13)14(21)26/h1-9H,(H2,21,26)(H,23,27). The van der Waals surface area contributed by atoms with Crippen LogP contribution in [0.5, 0.6) is 5.75 Å². The summed E-state index contributed by atoms with van der Waals surface area (Å²) in [7, 11) is 0. The molecule has 8 nitrogen and oxygen atoms in total. The number of ether oxygens (including phenoxy) is 1. The summed E-state index contributed by atoms with van der Waals surface area (Å²) in [5.41, 5.74) is 5.93. The molecule has 0 aliphatic rings. The lowest BCUT2D eigenvalue weighted by Crippen LogP contribution is -2.19. The van der Waals surface area contributed by atoms with Gasteiger partial charge in [-0.15, -0.1) is 18.3 Å². The Bertz CT molecular complexity index is 1020. The van der Waals surface area contributed by atoms with E-state index in [4.69, 9.17) is 5.73 Å². The van der Waals surface area contributed by atoms with E-state index in [9.17, 15) is 22.8 Å². The quantitative estimate of drug-likeness (QED) is 0.694. The number of nitrogens with one attached hydrogen (secondary N) is 1. The molecule has 3 N–H and O–H groups in total. The van der Waals surface area contributed by atoms with Crippen LogP contribution < -0.4 is 15.8 Å². The van der Waals surface area contributed by atoms with E-state index in [1.165, 1.54) is 35.3 Å². The number of hydrogen-bond acceptors (Lipinski definition) is 5. The van der Waals surface area contributed by atoms with Gasteiger partial charge < -0.3 is 15.8 Å². The topological polar surface area (TPSA) is 112 Å². The molecule has 3 aromatic rings. The van der Waals surface area contributed by atoms with Crippen molar-refractivity contribution in [3.05, 3.63) is 66.2 Å². The molecule has 1 heterocycles. The summed E-state index contributed by atoms with van der Waals surface area (Å²) in [5, 5.41) is 6.45. The number of benzene rings is 2. The van der Waals surface area contributed by atoms with Gasteiger partial charge in [-0.3, -0.25) is 9.59 Å². The number of para-hydroxylation sites is 1. The fourth-order valence-electron chi connectivity index (χ4n) is 2.28. The van der Waals surface area contributed by atoms with Crippen molar-refractivity contribution in [3.8, 4) is 11.4 Å². The molecule has 11 heteroatoms. The minimum atomic E-state index is -4.79. The molecule has 28 heavy (non-hydrogen) atoms. The summed E-state index contributed by atoms with van der Waals surface area (Å²) in [6.45, 7) is 0. The molecule has 0 atom stereocenters. The number of alkyl halides is 3. The lowest BCUT2D eigenvalue weighted by Gasteiger charge is -2.09. The summed E-state index contributed by atoms with van der Waals surface area (Å²) >= 11 is 0. The lowest BCUT2D eigenvalue weighted by molar-refractivity contribution is -0.274. The molecule has 0 unspecified atom stereocenters. The lowest BCUT2D eigenvalue weighted by atomic mass is 10.1. The minimum Gasteiger partial charge on any atom is -0.406 e. The largest absolute Gasteiger partial charge is 0.573 e. The van der Waals surface area contributed by atoms with Crippen LogP contribution in [-0.2, 0) is 0 Å². The Morgan fingerprint density at radius 2 is 1.75 bits per heavy atom. The maximum atomic E-state index is 12.3. The fraction of sp³-hybridized carbons (Fsp3) is 0.0588. The Kier molecular flexibility index (Phi) is 4.98. The second-order valence-corrected chi connectivity index (χ2v) is 5.42. The molecular formula is C17H12F3N5O3. The van der Waals surface area contributed by atoms with Crippen LogP contribution in [0.15, 0.2) is 54.9 Å². The van der Waals surface area contributed by atoms with Gasteiger partial charge in [-0.25, -0.2) is 9.67 Å². The molecule has 1 aromatic heterocycles. The summed E-state index contributed by atoms with van der Waals surface area (Å²) < 4.78 is 41.6. The van der Waals surface area contributed by atoms with Crippen LogP contribution in [0.1, 0.15) is 21.0 Å². The van der Waals surface area contributed by atoms with Crippen LogP contribution in [0.25, 0.3) is 5.69 Å². The van der Waals surface area contributed by atoms with Gasteiger partial charge in [0.2, 0.25) is 5.82 Å². The van der Waals surface area contributed by atoms with E-state index in [0.717, 1.165) is 12.1 Å². The normalized spacial score (nSPS) is 11.1. The van der Waals surface area contributed by atoms with E-state index >= 15 is 0 Å². The third-order valence-corrected chi connectivity index (χ3v) is 3.47. The first-order valence-electron chi connectivity index (χ1n) is 7.71. The Balaban J connectivity index is 1.75. The number of hydrogen-bond donors (Lipinski definition) is 2. The molecule has 2 amide bonds.